The van der Waals surface area contributed by atoms with E-state index in [0.717, 1.165) is 0 Å². The summed E-state index contributed by atoms with van der Waals surface area (Å²) >= 11 is 0. The number of carboxylic acid groups (broad SMARTS) is 1. The summed E-state index contributed by atoms with van der Waals surface area (Å²) in [5.74, 6) is -1.14. The Bertz CT molecular complexity index is 613. The van der Waals surface area contributed by atoms with Crippen LogP contribution in [0.2, 0.25) is 0 Å². The van der Waals surface area contributed by atoms with E-state index in [1.165, 1.54) is 10.9 Å². The molecule has 10 nitrogen and oxygen atoms in total. The lowest BCUT2D eigenvalue weighted by Gasteiger charge is -2.06. The van der Waals surface area contributed by atoms with Crippen LogP contribution < -0.4 is 10.6 Å². The maximum absolute atomic E-state index is 11.5. The SMILES string of the molecule is O=C(NCCn1cc(C(=O)O)nn1)NCc1cccnn1. The molecule has 0 aliphatic heterocycles. The molecule has 0 radical (unpaired) electrons. The molecule has 0 unspecified atom stereocenters. The van der Waals surface area contributed by atoms with E-state index in [4.69, 9.17) is 5.11 Å². The summed E-state index contributed by atoms with van der Waals surface area (Å²) in [6.45, 7) is 0.875. The molecule has 0 saturated heterocycles. The van der Waals surface area contributed by atoms with Gasteiger partial charge in [0.15, 0.2) is 5.69 Å². The molecule has 0 spiro atoms. The number of aromatic nitrogens is 5. The van der Waals surface area contributed by atoms with Gasteiger partial charge in [-0.3, -0.25) is 0 Å². The molecule has 0 atom stereocenters. The Hall–Kier alpha value is -3.04. The standard InChI is InChI=1S/C11H13N7O3/c19-10(20)9-7-18(17-16-9)5-4-12-11(21)13-6-8-2-1-3-14-15-8/h1-3,7H,4-6H2,(H,19,20)(H2,12,13,21). The highest BCUT2D eigenvalue weighted by molar-refractivity contribution is 5.84. The fourth-order valence-electron chi connectivity index (χ4n) is 1.45. The van der Waals surface area contributed by atoms with Crippen LogP contribution in [0.25, 0.3) is 0 Å². The van der Waals surface area contributed by atoms with Gasteiger partial charge in [-0.1, -0.05) is 5.21 Å². The number of carboxylic acids is 1. The first-order valence-corrected chi connectivity index (χ1v) is 6.07. The molecule has 0 fully saturated rings. The van der Waals surface area contributed by atoms with Crippen LogP contribution >= 0.6 is 0 Å². The maximum atomic E-state index is 11.5. The van der Waals surface area contributed by atoms with Gasteiger partial charge in [-0.25, -0.2) is 14.3 Å². The molecule has 2 rings (SSSR count). The molecule has 0 saturated carbocycles. The van der Waals surface area contributed by atoms with Gasteiger partial charge < -0.3 is 15.7 Å². The van der Waals surface area contributed by atoms with Gasteiger partial charge in [0.2, 0.25) is 0 Å². The van der Waals surface area contributed by atoms with E-state index < -0.39 is 5.97 Å². The first-order chi connectivity index (χ1) is 10.1. The number of aromatic carboxylic acids is 1. The quantitative estimate of drug-likeness (QED) is 0.638. The highest BCUT2D eigenvalue weighted by Crippen LogP contribution is 1.92. The first kappa shape index (κ1) is 14.4. The van der Waals surface area contributed by atoms with Crippen LogP contribution in [0.15, 0.2) is 24.5 Å². The van der Waals surface area contributed by atoms with Gasteiger partial charge >= 0.3 is 12.0 Å². The van der Waals surface area contributed by atoms with Gasteiger partial charge in [-0.05, 0) is 12.1 Å². The number of amides is 2. The molecule has 0 bridgehead atoms. The number of nitrogens with one attached hydrogen (secondary N) is 2. The second kappa shape index (κ2) is 6.93. The smallest absolute Gasteiger partial charge is 0.358 e. The Kier molecular flexibility index (Phi) is 4.75. The number of carbonyl (C=O) groups excluding carboxylic acids is 1. The molecular formula is C11H13N7O3. The normalized spacial score (nSPS) is 10.1. The number of hydrogen-bond donors (Lipinski definition) is 3. The third-order valence-electron chi connectivity index (χ3n) is 2.44. The predicted molar refractivity (Wildman–Crippen MR) is 69.3 cm³/mol. The van der Waals surface area contributed by atoms with Crippen molar-refractivity contribution in [2.75, 3.05) is 6.54 Å². The molecule has 10 heteroatoms. The van der Waals surface area contributed by atoms with Gasteiger partial charge in [0.05, 0.1) is 25.0 Å². The minimum absolute atomic E-state index is 0.137. The van der Waals surface area contributed by atoms with Crippen LogP contribution in [0.4, 0.5) is 4.79 Å². The maximum Gasteiger partial charge on any atom is 0.358 e. The van der Waals surface area contributed by atoms with Gasteiger partial charge in [0.25, 0.3) is 0 Å². The van der Waals surface area contributed by atoms with E-state index in [-0.39, 0.29) is 24.8 Å². The van der Waals surface area contributed by atoms with Crippen LogP contribution in [0, 0.1) is 0 Å². The average Bonchev–Trinajstić information content (AvgIpc) is 2.95. The van der Waals surface area contributed by atoms with Crippen molar-refractivity contribution in [3.63, 3.8) is 0 Å². The fraction of sp³-hybridized carbons (Fsp3) is 0.273. The number of carbonyl (C=O) groups is 2. The van der Waals surface area contributed by atoms with Crippen LogP contribution in [-0.2, 0) is 13.1 Å². The van der Waals surface area contributed by atoms with Crippen molar-refractivity contribution in [3.05, 3.63) is 35.9 Å². The van der Waals surface area contributed by atoms with E-state index in [9.17, 15) is 9.59 Å². The van der Waals surface area contributed by atoms with E-state index in [1.54, 1.807) is 18.3 Å². The summed E-state index contributed by atoms with van der Waals surface area (Å²) in [7, 11) is 0. The lowest BCUT2D eigenvalue weighted by atomic mass is 10.4. The van der Waals surface area contributed by atoms with Gasteiger partial charge in [0.1, 0.15) is 0 Å². The van der Waals surface area contributed by atoms with Gasteiger partial charge in [-0.15, -0.1) is 5.10 Å². The second-order valence-electron chi connectivity index (χ2n) is 4.00. The summed E-state index contributed by atoms with van der Waals surface area (Å²) in [6, 6.07) is 3.11. The van der Waals surface area contributed by atoms with Crippen molar-refractivity contribution in [3.8, 4) is 0 Å². The topological polar surface area (TPSA) is 135 Å². The number of rotatable bonds is 6. The largest absolute Gasteiger partial charge is 0.476 e. The highest BCUT2D eigenvalue weighted by atomic mass is 16.4. The van der Waals surface area contributed by atoms with Gasteiger partial charge in [-0.2, -0.15) is 10.2 Å². The predicted octanol–water partition coefficient (Wildman–Crippen LogP) is -0.734. The zero-order valence-corrected chi connectivity index (χ0v) is 10.9. The molecule has 21 heavy (non-hydrogen) atoms. The Morgan fingerprint density at radius 1 is 1.29 bits per heavy atom. The summed E-state index contributed by atoms with van der Waals surface area (Å²) < 4.78 is 1.34. The minimum atomic E-state index is -1.14. The number of urea groups is 1. The van der Waals surface area contributed by atoms with E-state index >= 15 is 0 Å². The van der Waals surface area contributed by atoms with Crippen LogP contribution in [0.5, 0.6) is 0 Å². The molecule has 2 aromatic heterocycles. The Morgan fingerprint density at radius 3 is 2.81 bits per heavy atom. The fourth-order valence-corrected chi connectivity index (χ4v) is 1.45. The zero-order chi connectivity index (χ0) is 15.1. The molecule has 0 aliphatic rings. The van der Waals surface area contributed by atoms with Crippen molar-refractivity contribution in [1.82, 2.24) is 35.8 Å². The number of nitrogens with zero attached hydrogens (tertiary/aromatic N) is 5. The summed E-state index contributed by atoms with van der Waals surface area (Å²) in [6.07, 6.45) is 2.84. The van der Waals surface area contributed by atoms with Crippen LogP contribution in [0.1, 0.15) is 16.2 Å². The Morgan fingerprint density at radius 2 is 2.14 bits per heavy atom. The Labute approximate surface area is 119 Å². The van der Waals surface area contributed by atoms with Crippen LogP contribution in [0.3, 0.4) is 0 Å². The molecule has 2 amide bonds. The van der Waals surface area contributed by atoms with Crippen molar-refractivity contribution >= 4 is 12.0 Å². The third-order valence-corrected chi connectivity index (χ3v) is 2.44. The monoisotopic (exact) mass is 291 g/mol. The molecular weight excluding hydrogens is 278 g/mol. The van der Waals surface area contributed by atoms with Crippen molar-refractivity contribution < 1.29 is 14.7 Å². The molecule has 0 aliphatic carbocycles. The number of hydrogen-bond acceptors (Lipinski definition) is 6. The van der Waals surface area contributed by atoms with Gasteiger partial charge in [0, 0.05) is 12.7 Å². The van der Waals surface area contributed by atoms with Crippen molar-refractivity contribution in [2.45, 2.75) is 13.1 Å². The molecule has 110 valence electrons. The lowest BCUT2D eigenvalue weighted by Crippen LogP contribution is -2.37. The van der Waals surface area contributed by atoms with E-state index in [0.29, 0.717) is 12.2 Å². The summed E-state index contributed by atoms with van der Waals surface area (Å²) in [5.41, 5.74) is 0.511. The van der Waals surface area contributed by atoms with Crippen molar-refractivity contribution in [1.29, 1.82) is 0 Å². The summed E-state index contributed by atoms with van der Waals surface area (Å²) in [4.78, 5) is 22.1. The lowest BCUT2D eigenvalue weighted by molar-refractivity contribution is 0.0690. The second-order valence-corrected chi connectivity index (χ2v) is 4.00. The molecule has 3 N–H and O–H groups in total. The Balaban J connectivity index is 1.68. The van der Waals surface area contributed by atoms with E-state index in [2.05, 4.69) is 31.1 Å². The molecule has 2 aromatic rings. The highest BCUT2D eigenvalue weighted by Gasteiger charge is 2.08. The van der Waals surface area contributed by atoms with Crippen LogP contribution in [-0.4, -0.2) is 48.8 Å². The summed E-state index contributed by atoms with van der Waals surface area (Å²) in [5, 5.41) is 28.5. The third kappa shape index (κ3) is 4.53. The minimum Gasteiger partial charge on any atom is -0.476 e. The molecule has 2 heterocycles. The zero-order valence-electron chi connectivity index (χ0n) is 10.9. The molecule has 0 aromatic carbocycles. The average molecular weight is 291 g/mol. The van der Waals surface area contributed by atoms with E-state index in [1.807, 2.05) is 0 Å². The first-order valence-electron chi connectivity index (χ1n) is 6.07. The van der Waals surface area contributed by atoms with Crippen molar-refractivity contribution in [2.24, 2.45) is 0 Å².